The minimum Gasteiger partial charge on any atom is -0.490 e. The highest BCUT2D eigenvalue weighted by Gasteiger charge is 2.20. The van der Waals surface area contributed by atoms with E-state index >= 15 is 0 Å². The van der Waals surface area contributed by atoms with Gasteiger partial charge >= 0.3 is 0 Å². The number of benzene rings is 1. The molecule has 4 heteroatoms. The first-order valence-electron chi connectivity index (χ1n) is 12.1. The van der Waals surface area contributed by atoms with Crippen LogP contribution in [0.15, 0.2) is 48.3 Å². The topological polar surface area (TPSA) is 35.0 Å². The molecule has 0 amide bonds. The second-order valence-corrected chi connectivity index (χ2v) is 9.14. The second kappa shape index (κ2) is 13.5. The molecule has 1 aromatic heterocycles. The largest absolute Gasteiger partial charge is 0.490 e. The molecule has 1 saturated carbocycles. The van der Waals surface area contributed by atoms with E-state index in [1.54, 1.807) is 6.08 Å². The van der Waals surface area contributed by atoms with Gasteiger partial charge in [-0.1, -0.05) is 76.3 Å². The molecule has 0 radical (unpaired) electrons. The monoisotopic (exact) mass is 440 g/mol. The van der Waals surface area contributed by atoms with Gasteiger partial charge in [0.25, 0.3) is 0 Å². The van der Waals surface area contributed by atoms with Crippen LogP contribution in [0.3, 0.4) is 0 Å². The summed E-state index contributed by atoms with van der Waals surface area (Å²) in [5.41, 5.74) is 3.71. The third kappa shape index (κ3) is 8.29. The molecule has 1 aliphatic rings. The number of unbranched alkanes of at least 4 members (excludes halogenated alkanes) is 3. The molecular weight excluding hydrogens is 404 g/mol. The van der Waals surface area contributed by atoms with Crippen LogP contribution in [0.1, 0.15) is 76.7 Å². The summed E-state index contributed by atoms with van der Waals surface area (Å²) in [6, 6.07) is 7.87. The standard InChI is InChI=1S/C27H37ClN2O/c1-2-3-4-5-7-22-8-10-23(11-9-22)12-13-24-20-29-27(30-21-24)25-14-16-26(17-15-25)31-19-6-18-28/h6,14-18,20-23H,2-5,7-13,19H2,1H3/b18-6+/t22-,23-. The van der Waals surface area contributed by atoms with E-state index in [2.05, 4.69) is 16.9 Å². The molecular formula is C27H37ClN2O. The van der Waals surface area contributed by atoms with Gasteiger partial charge in [-0.05, 0) is 60.6 Å². The molecule has 0 spiro atoms. The molecule has 1 aliphatic carbocycles. The van der Waals surface area contributed by atoms with E-state index in [9.17, 15) is 0 Å². The summed E-state index contributed by atoms with van der Waals surface area (Å²) in [5.74, 6) is 3.45. The van der Waals surface area contributed by atoms with Gasteiger partial charge in [0.2, 0.25) is 0 Å². The summed E-state index contributed by atoms with van der Waals surface area (Å²) >= 11 is 5.51. The normalized spacial score (nSPS) is 19.0. The number of aryl methyl sites for hydroxylation is 1. The molecule has 3 nitrogen and oxygen atoms in total. The Labute approximate surface area is 193 Å². The highest BCUT2D eigenvalue weighted by molar-refractivity contribution is 6.25. The summed E-state index contributed by atoms with van der Waals surface area (Å²) in [4.78, 5) is 9.20. The van der Waals surface area contributed by atoms with Gasteiger partial charge < -0.3 is 4.74 Å². The van der Waals surface area contributed by atoms with E-state index in [0.29, 0.717) is 6.61 Å². The molecule has 31 heavy (non-hydrogen) atoms. The van der Waals surface area contributed by atoms with Crippen LogP contribution < -0.4 is 4.74 Å². The maximum Gasteiger partial charge on any atom is 0.159 e. The molecule has 0 saturated heterocycles. The summed E-state index contributed by atoms with van der Waals surface area (Å²) < 4.78 is 5.57. The Morgan fingerprint density at radius 1 is 0.935 bits per heavy atom. The Morgan fingerprint density at radius 3 is 2.26 bits per heavy atom. The van der Waals surface area contributed by atoms with Gasteiger partial charge in [-0.3, -0.25) is 0 Å². The van der Waals surface area contributed by atoms with Crippen LogP contribution in [0.2, 0.25) is 0 Å². The summed E-state index contributed by atoms with van der Waals surface area (Å²) in [7, 11) is 0. The fourth-order valence-electron chi connectivity index (χ4n) is 4.55. The second-order valence-electron chi connectivity index (χ2n) is 8.89. The van der Waals surface area contributed by atoms with Gasteiger partial charge in [0.15, 0.2) is 5.82 Å². The number of hydrogen-bond donors (Lipinski definition) is 0. The summed E-state index contributed by atoms with van der Waals surface area (Å²) in [6.45, 7) is 2.76. The van der Waals surface area contributed by atoms with E-state index in [1.165, 1.54) is 75.3 Å². The molecule has 0 aliphatic heterocycles. The molecule has 1 fully saturated rings. The van der Waals surface area contributed by atoms with Crippen LogP contribution in [0.5, 0.6) is 5.75 Å². The lowest BCUT2D eigenvalue weighted by Gasteiger charge is -2.28. The molecule has 3 rings (SSSR count). The predicted molar refractivity (Wildman–Crippen MR) is 130 cm³/mol. The number of rotatable bonds is 12. The van der Waals surface area contributed by atoms with Crippen LogP contribution in [0.4, 0.5) is 0 Å². The van der Waals surface area contributed by atoms with Gasteiger partial charge in [0.1, 0.15) is 12.4 Å². The van der Waals surface area contributed by atoms with Gasteiger partial charge in [-0.2, -0.15) is 0 Å². The van der Waals surface area contributed by atoms with Crippen molar-refractivity contribution in [3.8, 4) is 17.1 Å². The maximum atomic E-state index is 5.57. The minimum atomic E-state index is 0.467. The van der Waals surface area contributed by atoms with E-state index in [-0.39, 0.29) is 0 Å². The van der Waals surface area contributed by atoms with Crippen molar-refractivity contribution in [2.24, 2.45) is 11.8 Å². The predicted octanol–water partition coefficient (Wildman–Crippen LogP) is 7.98. The van der Waals surface area contributed by atoms with E-state index < -0.39 is 0 Å². The van der Waals surface area contributed by atoms with Crippen molar-refractivity contribution >= 4 is 11.6 Å². The molecule has 2 aromatic rings. The highest BCUT2D eigenvalue weighted by atomic mass is 35.5. The molecule has 0 bridgehead atoms. The Kier molecular flexibility index (Phi) is 10.4. The molecule has 1 aromatic carbocycles. The first kappa shape index (κ1) is 23.8. The van der Waals surface area contributed by atoms with Crippen LogP contribution in [0, 0.1) is 11.8 Å². The van der Waals surface area contributed by atoms with E-state index in [4.69, 9.17) is 16.3 Å². The van der Waals surface area contributed by atoms with Crippen molar-refractivity contribution in [3.05, 3.63) is 53.8 Å². The number of nitrogens with zero attached hydrogens (tertiary/aromatic N) is 2. The molecule has 168 valence electrons. The zero-order valence-corrected chi connectivity index (χ0v) is 19.7. The van der Waals surface area contributed by atoms with Crippen LogP contribution >= 0.6 is 11.6 Å². The average Bonchev–Trinajstić information content (AvgIpc) is 2.82. The van der Waals surface area contributed by atoms with E-state index in [0.717, 1.165) is 35.4 Å². The third-order valence-corrected chi connectivity index (χ3v) is 6.70. The van der Waals surface area contributed by atoms with Crippen LogP contribution in [-0.2, 0) is 6.42 Å². The van der Waals surface area contributed by atoms with Crippen molar-refractivity contribution in [3.63, 3.8) is 0 Å². The molecule has 0 N–H and O–H groups in total. The van der Waals surface area contributed by atoms with Crippen molar-refractivity contribution in [2.75, 3.05) is 6.61 Å². The quantitative estimate of drug-likeness (QED) is 0.313. The number of hydrogen-bond acceptors (Lipinski definition) is 3. The first-order valence-corrected chi connectivity index (χ1v) is 12.5. The van der Waals surface area contributed by atoms with Crippen molar-refractivity contribution in [1.29, 1.82) is 0 Å². The first-order chi connectivity index (χ1) is 15.3. The lowest BCUT2D eigenvalue weighted by Crippen LogP contribution is -2.15. The summed E-state index contributed by atoms with van der Waals surface area (Å²) in [5, 5.41) is 0. The fourth-order valence-corrected chi connectivity index (χ4v) is 4.63. The molecule has 1 heterocycles. The van der Waals surface area contributed by atoms with Gasteiger partial charge in [0.05, 0.1) is 0 Å². The lowest BCUT2D eigenvalue weighted by atomic mass is 9.78. The summed E-state index contributed by atoms with van der Waals surface area (Å²) in [6.07, 6.45) is 20.9. The maximum absolute atomic E-state index is 5.57. The lowest BCUT2D eigenvalue weighted by molar-refractivity contribution is 0.249. The van der Waals surface area contributed by atoms with E-state index in [1.807, 2.05) is 36.7 Å². The van der Waals surface area contributed by atoms with Crippen molar-refractivity contribution < 1.29 is 4.74 Å². The van der Waals surface area contributed by atoms with Crippen LogP contribution in [-0.4, -0.2) is 16.6 Å². The molecule has 0 atom stereocenters. The Hall–Kier alpha value is -1.87. The van der Waals surface area contributed by atoms with Crippen molar-refractivity contribution in [2.45, 2.75) is 77.6 Å². The van der Waals surface area contributed by atoms with Crippen molar-refractivity contribution in [1.82, 2.24) is 9.97 Å². The number of halogens is 1. The van der Waals surface area contributed by atoms with Gasteiger partial charge in [-0.25, -0.2) is 9.97 Å². The smallest absolute Gasteiger partial charge is 0.159 e. The zero-order chi connectivity index (χ0) is 21.7. The third-order valence-electron chi connectivity index (χ3n) is 6.53. The van der Waals surface area contributed by atoms with Gasteiger partial charge in [0, 0.05) is 23.5 Å². The zero-order valence-electron chi connectivity index (χ0n) is 18.9. The molecule has 0 unspecified atom stereocenters. The Morgan fingerprint density at radius 2 is 1.61 bits per heavy atom. The average molecular weight is 441 g/mol. The Balaban J connectivity index is 1.39. The number of ether oxygens (including phenoxy) is 1. The number of aromatic nitrogens is 2. The minimum absolute atomic E-state index is 0.467. The SMILES string of the molecule is CCCCCC[C@H]1CC[C@H](CCc2cnc(-c3ccc(OC/C=C/Cl)cc3)nc2)CC1. The highest BCUT2D eigenvalue weighted by Crippen LogP contribution is 2.34. The fraction of sp³-hybridized carbons (Fsp3) is 0.556. The van der Waals surface area contributed by atoms with Crippen LogP contribution in [0.25, 0.3) is 11.4 Å². The van der Waals surface area contributed by atoms with Gasteiger partial charge in [-0.15, -0.1) is 0 Å². The Bertz CT molecular complexity index is 765.